The number of hydrazone groups is 1. The molecule has 1 N–H and O–H groups in total. The van der Waals surface area contributed by atoms with Gasteiger partial charge in [-0.05, 0) is 6.42 Å². The van der Waals surface area contributed by atoms with E-state index in [0.717, 1.165) is 23.3 Å². The number of hydrogen-bond donors (Lipinski definition) is 1. The zero-order chi connectivity index (χ0) is 15.1. The number of hydrogen-bond acceptors (Lipinski definition) is 2. The van der Waals surface area contributed by atoms with Crippen LogP contribution in [0.2, 0.25) is 0 Å². The van der Waals surface area contributed by atoms with Gasteiger partial charge in [-0.3, -0.25) is 4.79 Å². The topological polar surface area (TPSA) is 41.5 Å². The minimum absolute atomic E-state index is 0.0402. The first kappa shape index (κ1) is 15.0. The summed E-state index contributed by atoms with van der Waals surface area (Å²) in [6.45, 7) is 3.89. The van der Waals surface area contributed by atoms with Crippen LogP contribution in [-0.4, -0.2) is 11.6 Å². The number of carbonyl (C=O) groups is 1. The average molecular weight is 280 g/mol. The van der Waals surface area contributed by atoms with Crippen molar-refractivity contribution >= 4 is 11.6 Å². The Hall–Kier alpha value is -2.42. The van der Waals surface area contributed by atoms with E-state index in [1.807, 2.05) is 74.5 Å². The van der Waals surface area contributed by atoms with Gasteiger partial charge in [0, 0.05) is 17.0 Å². The predicted molar refractivity (Wildman–Crippen MR) is 86.1 cm³/mol. The molecule has 108 valence electrons. The van der Waals surface area contributed by atoms with Crippen LogP contribution in [0.25, 0.3) is 0 Å². The summed E-state index contributed by atoms with van der Waals surface area (Å²) in [4.78, 5) is 11.9. The predicted octanol–water partition coefficient (Wildman–Crippen LogP) is 3.60. The Labute approximate surface area is 125 Å². The van der Waals surface area contributed by atoms with Gasteiger partial charge in [-0.15, -0.1) is 0 Å². The Morgan fingerprint density at radius 2 is 1.48 bits per heavy atom. The highest BCUT2D eigenvalue weighted by Gasteiger charge is 2.11. The van der Waals surface area contributed by atoms with Gasteiger partial charge >= 0.3 is 0 Å². The summed E-state index contributed by atoms with van der Waals surface area (Å²) in [6.07, 6.45) is 0.799. The highest BCUT2D eigenvalue weighted by atomic mass is 16.2. The molecule has 0 saturated carbocycles. The number of nitrogens with zero attached hydrogens (tertiary/aromatic N) is 1. The van der Waals surface area contributed by atoms with E-state index >= 15 is 0 Å². The highest BCUT2D eigenvalue weighted by Crippen LogP contribution is 2.10. The van der Waals surface area contributed by atoms with Crippen molar-refractivity contribution in [2.45, 2.75) is 20.3 Å². The second-order valence-electron chi connectivity index (χ2n) is 4.98. The summed E-state index contributed by atoms with van der Waals surface area (Å²) in [5, 5.41) is 4.35. The Morgan fingerprint density at radius 3 is 1.90 bits per heavy atom. The molecule has 0 fully saturated rings. The minimum Gasteiger partial charge on any atom is -0.273 e. The summed E-state index contributed by atoms with van der Waals surface area (Å²) in [5.74, 6) is -0.0941. The average Bonchev–Trinajstić information content (AvgIpc) is 2.56. The number of carbonyl (C=O) groups excluding carboxylic acids is 1. The Kier molecular flexibility index (Phi) is 5.27. The lowest BCUT2D eigenvalue weighted by molar-refractivity contribution is -0.124. The van der Waals surface area contributed by atoms with Gasteiger partial charge < -0.3 is 0 Å². The summed E-state index contributed by atoms with van der Waals surface area (Å²) < 4.78 is 0. The first-order valence-electron chi connectivity index (χ1n) is 7.20. The van der Waals surface area contributed by atoms with Crippen LogP contribution in [-0.2, 0) is 4.79 Å². The van der Waals surface area contributed by atoms with Gasteiger partial charge in [0.05, 0.1) is 5.71 Å². The fraction of sp³-hybridized carbons (Fsp3) is 0.222. The SMILES string of the molecule is CCC(C)C(=O)NN=C(c1ccccc1)c1ccccc1. The van der Waals surface area contributed by atoms with Crippen molar-refractivity contribution in [1.29, 1.82) is 0 Å². The van der Waals surface area contributed by atoms with Crippen LogP contribution < -0.4 is 5.43 Å². The quantitative estimate of drug-likeness (QED) is 0.660. The maximum absolute atomic E-state index is 11.9. The van der Waals surface area contributed by atoms with Crippen molar-refractivity contribution in [2.24, 2.45) is 11.0 Å². The summed E-state index contributed by atoms with van der Waals surface area (Å²) in [6, 6.07) is 19.7. The maximum atomic E-state index is 11.9. The first-order chi connectivity index (χ1) is 10.2. The van der Waals surface area contributed by atoms with Crippen molar-refractivity contribution < 1.29 is 4.79 Å². The monoisotopic (exact) mass is 280 g/mol. The Morgan fingerprint density at radius 1 is 1.00 bits per heavy atom. The Balaban J connectivity index is 2.31. The fourth-order valence-electron chi connectivity index (χ4n) is 1.89. The normalized spacial score (nSPS) is 11.5. The molecule has 2 aromatic carbocycles. The van der Waals surface area contributed by atoms with E-state index in [1.54, 1.807) is 0 Å². The van der Waals surface area contributed by atoms with Crippen molar-refractivity contribution in [3.63, 3.8) is 0 Å². The molecule has 0 bridgehead atoms. The number of rotatable bonds is 5. The lowest BCUT2D eigenvalue weighted by Gasteiger charge is -2.10. The van der Waals surface area contributed by atoms with Crippen LogP contribution in [0.4, 0.5) is 0 Å². The first-order valence-corrected chi connectivity index (χ1v) is 7.20. The van der Waals surface area contributed by atoms with E-state index in [1.165, 1.54) is 0 Å². The molecular weight excluding hydrogens is 260 g/mol. The zero-order valence-corrected chi connectivity index (χ0v) is 12.4. The molecule has 0 aliphatic heterocycles. The second kappa shape index (κ2) is 7.39. The van der Waals surface area contributed by atoms with Gasteiger partial charge in [-0.25, -0.2) is 5.43 Å². The van der Waals surface area contributed by atoms with Crippen LogP contribution in [0.1, 0.15) is 31.4 Å². The molecule has 0 aliphatic carbocycles. The minimum atomic E-state index is -0.0538. The zero-order valence-electron chi connectivity index (χ0n) is 12.4. The molecule has 2 rings (SSSR count). The third-order valence-electron chi connectivity index (χ3n) is 3.43. The van der Waals surface area contributed by atoms with E-state index in [-0.39, 0.29) is 11.8 Å². The number of amides is 1. The molecule has 0 radical (unpaired) electrons. The molecule has 0 aromatic heterocycles. The molecule has 0 spiro atoms. The van der Waals surface area contributed by atoms with Gasteiger partial charge in [0.15, 0.2) is 0 Å². The molecule has 3 nitrogen and oxygen atoms in total. The smallest absolute Gasteiger partial charge is 0.242 e. The molecular formula is C18H20N2O. The molecule has 1 atom stereocenters. The van der Waals surface area contributed by atoms with Gasteiger partial charge in [0.1, 0.15) is 0 Å². The molecule has 3 heteroatoms. The Bertz CT molecular complexity index is 564. The van der Waals surface area contributed by atoms with Gasteiger partial charge in [-0.1, -0.05) is 74.5 Å². The number of nitrogens with one attached hydrogen (secondary N) is 1. The molecule has 21 heavy (non-hydrogen) atoms. The van der Waals surface area contributed by atoms with Crippen molar-refractivity contribution in [1.82, 2.24) is 5.43 Å². The second-order valence-corrected chi connectivity index (χ2v) is 4.98. The maximum Gasteiger partial charge on any atom is 0.242 e. The third-order valence-corrected chi connectivity index (χ3v) is 3.43. The van der Waals surface area contributed by atoms with Crippen molar-refractivity contribution in [2.75, 3.05) is 0 Å². The standard InChI is InChI=1S/C18H20N2O/c1-3-14(2)18(21)20-19-17(15-10-6-4-7-11-15)16-12-8-5-9-13-16/h4-14H,3H2,1-2H3,(H,20,21). The van der Waals surface area contributed by atoms with E-state index < -0.39 is 0 Å². The highest BCUT2D eigenvalue weighted by molar-refractivity contribution is 6.13. The molecule has 1 unspecified atom stereocenters. The van der Waals surface area contributed by atoms with Crippen LogP contribution in [0.3, 0.4) is 0 Å². The summed E-state index contributed by atoms with van der Waals surface area (Å²) in [5.41, 5.74) is 5.41. The van der Waals surface area contributed by atoms with Gasteiger partial charge in [0.2, 0.25) is 5.91 Å². The van der Waals surface area contributed by atoms with E-state index in [9.17, 15) is 4.79 Å². The van der Waals surface area contributed by atoms with Crippen molar-refractivity contribution in [3.8, 4) is 0 Å². The van der Waals surface area contributed by atoms with Crippen LogP contribution in [0.15, 0.2) is 65.8 Å². The molecule has 1 amide bonds. The van der Waals surface area contributed by atoms with Crippen LogP contribution in [0.5, 0.6) is 0 Å². The fourth-order valence-corrected chi connectivity index (χ4v) is 1.89. The summed E-state index contributed by atoms with van der Waals surface area (Å²) >= 11 is 0. The van der Waals surface area contributed by atoms with Gasteiger partial charge in [0.25, 0.3) is 0 Å². The lowest BCUT2D eigenvalue weighted by atomic mass is 10.0. The summed E-state index contributed by atoms with van der Waals surface area (Å²) in [7, 11) is 0. The largest absolute Gasteiger partial charge is 0.273 e. The van der Waals surface area contributed by atoms with Gasteiger partial charge in [-0.2, -0.15) is 5.10 Å². The lowest BCUT2D eigenvalue weighted by Crippen LogP contribution is -2.26. The van der Waals surface area contributed by atoms with Crippen LogP contribution in [0, 0.1) is 5.92 Å². The van der Waals surface area contributed by atoms with E-state index in [2.05, 4.69) is 10.5 Å². The van der Waals surface area contributed by atoms with E-state index in [0.29, 0.717) is 0 Å². The van der Waals surface area contributed by atoms with E-state index in [4.69, 9.17) is 0 Å². The number of benzene rings is 2. The molecule has 0 heterocycles. The van der Waals surface area contributed by atoms with Crippen molar-refractivity contribution in [3.05, 3.63) is 71.8 Å². The molecule has 0 saturated heterocycles. The van der Waals surface area contributed by atoms with Crippen LogP contribution >= 0.6 is 0 Å². The molecule has 2 aromatic rings. The third kappa shape index (κ3) is 4.02. The molecule has 0 aliphatic rings.